The number of carbonyl (C=O) groups is 1. The van der Waals surface area contributed by atoms with Crippen LogP contribution in [-0.2, 0) is 17.9 Å². The van der Waals surface area contributed by atoms with Gasteiger partial charge in [-0.3, -0.25) is 14.4 Å². The van der Waals surface area contributed by atoms with Crippen molar-refractivity contribution in [3.05, 3.63) is 65.2 Å². The zero-order valence-corrected chi connectivity index (χ0v) is 18.3. The third-order valence-corrected chi connectivity index (χ3v) is 6.39. The minimum atomic E-state index is 0.182. The summed E-state index contributed by atoms with van der Waals surface area (Å²) >= 11 is 1.73. The number of hydrogen-bond donors (Lipinski definition) is 1. The van der Waals surface area contributed by atoms with Crippen molar-refractivity contribution >= 4 is 17.2 Å². The largest absolute Gasteiger partial charge is 0.340 e. The van der Waals surface area contributed by atoms with E-state index in [9.17, 15) is 4.79 Å². The highest BCUT2D eigenvalue weighted by atomic mass is 32.1. The Morgan fingerprint density at radius 1 is 1.10 bits per heavy atom. The van der Waals surface area contributed by atoms with Crippen LogP contribution in [0.25, 0.3) is 10.6 Å². The van der Waals surface area contributed by atoms with E-state index in [4.69, 9.17) is 5.10 Å². The van der Waals surface area contributed by atoms with Crippen LogP contribution in [-0.4, -0.2) is 64.8 Å². The highest BCUT2D eigenvalue weighted by Crippen LogP contribution is 2.27. The first kappa shape index (κ1) is 20.8. The molecule has 0 spiro atoms. The lowest BCUT2D eigenvalue weighted by Gasteiger charge is -2.34. The fourth-order valence-corrected chi connectivity index (χ4v) is 4.56. The van der Waals surface area contributed by atoms with E-state index in [1.165, 1.54) is 16.0 Å². The Labute approximate surface area is 182 Å². The number of amides is 1. The van der Waals surface area contributed by atoms with E-state index in [-0.39, 0.29) is 5.91 Å². The molecule has 0 atom stereocenters. The van der Waals surface area contributed by atoms with Gasteiger partial charge in [-0.2, -0.15) is 5.10 Å². The Bertz CT molecular complexity index is 930. The number of aromatic nitrogens is 2. The van der Waals surface area contributed by atoms with Gasteiger partial charge in [0.1, 0.15) is 5.69 Å². The number of nitrogens with zero attached hydrogens (tertiary/aromatic N) is 4. The highest BCUT2D eigenvalue weighted by Gasteiger charge is 2.18. The SMILES string of the molecule is CC(=O)N1CCN(CCNCc2cn(Cc3ccccc3)nc2-c2cccs2)CC1. The van der Waals surface area contributed by atoms with Gasteiger partial charge in [-0.15, -0.1) is 11.3 Å². The molecule has 0 radical (unpaired) electrons. The van der Waals surface area contributed by atoms with Crippen molar-refractivity contribution in [3.63, 3.8) is 0 Å². The molecule has 7 heteroatoms. The minimum Gasteiger partial charge on any atom is -0.340 e. The van der Waals surface area contributed by atoms with Crippen molar-refractivity contribution in [1.29, 1.82) is 0 Å². The Morgan fingerprint density at radius 3 is 2.60 bits per heavy atom. The molecular weight excluding hydrogens is 394 g/mol. The highest BCUT2D eigenvalue weighted by molar-refractivity contribution is 7.13. The molecule has 6 nitrogen and oxygen atoms in total. The molecule has 3 heterocycles. The molecule has 1 N–H and O–H groups in total. The standard InChI is InChI=1S/C23H29N5OS/c1-19(29)27-13-11-26(12-14-27)10-9-24-16-21-18-28(17-20-6-3-2-4-7-20)25-23(21)22-8-5-15-30-22/h2-8,15,18,24H,9-14,16-17H2,1H3. The van der Waals surface area contributed by atoms with E-state index >= 15 is 0 Å². The summed E-state index contributed by atoms with van der Waals surface area (Å²) in [5, 5.41) is 10.6. The van der Waals surface area contributed by atoms with Crippen LogP contribution in [0.1, 0.15) is 18.1 Å². The molecule has 0 unspecified atom stereocenters. The van der Waals surface area contributed by atoms with Gasteiger partial charge in [0, 0.05) is 64.5 Å². The third kappa shape index (κ3) is 5.36. The van der Waals surface area contributed by atoms with Crippen molar-refractivity contribution < 1.29 is 4.79 Å². The molecule has 0 bridgehead atoms. The zero-order valence-electron chi connectivity index (χ0n) is 17.5. The molecule has 4 rings (SSSR count). The average molecular weight is 424 g/mol. The van der Waals surface area contributed by atoms with Crippen LogP contribution >= 0.6 is 11.3 Å². The normalized spacial score (nSPS) is 14.9. The van der Waals surface area contributed by atoms with E-state index in [2.05, 4.69) is 58.2 Å². The van der Waals surface area contributed by atoms with Gasteiger partial charge in [0.15, 0.2) is 0 Å². The Hall–Kier alpha value is -2.48. The van der Waals surface area contributed by atoms with E-state index in [1.54, 1.807) is 18.3 Å². The van der Waals surface area contributed by atoms with Crippen molar-refractivity contribution in [2.24, 2.45) is 0 Å². The molecule has 0 aliphatic carbocycles. The number of carbonyl (C=O) groups excluding carboxylic acids is 1. The van der Waals surface area contributed by atoms with Gasteiger partial charge in [-0.05, 0) is 17.0 Å². The molecule has 3 aromatic rings. The molecule has 2 aromatic heterocycles. The Morgan fingerprint density at radius 2 is 1.90 bits per heavy atom. The second kappa shape index (κ2) is 10.0. The smallest absolute Gasteiger partial charge is 0.219 e. The summed E-state index contributed by atoms with van der Waals surface area (Å²) in [4.78, 5) is 17.0. The van der Waals surface area contributed by atoms with Gasteiger partial charge in [0.05, 0.1) is 11.4 Å². The van der Waals surface area contributed by atoms with Gasteiger partial charge in [-0.25, -0.2) is 0 Å². The molecule has 158 valence electrons. The van der Waals surface area contributed by atoms with Crippen LogP contribution in [0.5, 0.6) is 0 Å². The van der Waals surface area contributed by atoms with Gasteiger partial charge >= 0.3 is 0 Å². The summed E-state index contributed by atoms with van der Waals surface area (Å²) in [6.07, 6.45) is 2.17. The van der Waals surface area contributed by atoms with Crippen LogP contribution < -0.4 is 5.32 Å². The van der Waals surface area contributed by atoms with Crippen molar-refractivity contribution in [1.82, 2.24) is 24.9 Å². The lowest BCUT2D eigenvalue weighted by Crippen LogP contribution is -2.49. The first-order chi connectivity index (χ1) is 14.7. The molecule has 0 saturated carbocycles. The number of thiophene rings is 1. The summed E-state index contributed by atoms with van der Waals surface area (Å²) in [6, 6.07) is 14.7. The number of piperazine rings is 1. The molecule has 30 heavy (non-hydrogen) atoms. The van der Waals surface area contributed by atoms with E-state index in [1.807, 2.05) is 15.6 Å². The van der Waals surface area contributed by atoms with E-state index in [0.717, 1.165) is 58.1 Å². The monoisotopic (exact) mass is 423 g/mol. The summed E-state index contributed by atoms with van der Waals surface area (Å²) in [7, 11) is 0. The predicted octanol–water partition coefficient (Wildman–Crippen LogP) is 2.91. The van der Waals surface area contributed by atoms with Crippen LogP contribution in [0.15, 0.2) is 54.0 Å². The third-order valence-electron chi connectivity index (χ3n) is 5.52. The van der Waals surface area contributed by atoms with Crippen molar-refractivity contribution in [3.8, 4) is 10.6 Å². The lowest BCUT2D eigenvalue weighted by molar-refractivity contribution is -0.130. The zero-order chi connectivity index (χ0) is 20.8. The van der Waals surface area contributed by atoms with Gasteiger partial charge in [-0.1, -0.05) is 36.4 Å². The number of hydrogen-bond acceptors (Lipinski definition) is 5. The topological polar surface area (TPSA) is 53.4 Å². The maximum Gasteiger partial charge on any atom is 0.219 e. The molecular formula is C23H29N5OS. The lowest BCUT2D eigenvalue weighted by atomic mass is 10.2. The summed E-state index contributed by atoms with van der Waals surface area (Å²) in [5.41, 5.74) is 3.56. The maximum atomic E-state index is 11.5. The summed E-state index contributed by atoms with van der Waals surface area (Å²) < 4.78 is 2.04. The molecule has 1 amide bonds. The second-order valence-corrected chi connectivity index (χ2v) is 8.64. The van der Waals surface area contributed by atoms with Crippen molar-refractivity contribution in [2.75, 3.05) is 39.3 Å². The molecule has 1 fully saturated rings. The number of rotatable bonds is 8. The van der Waals surface area contributed by atoms with E-state index < -0.39 is 0 Å². The number of benzene rings is 1. The summed E-state index contributed by atoms with van der Waals surface area (Å²) in [6.45, 7) is 8.74. The Balaban J connectivity index is 1.33. The Kier molecular flexibility index (Phi) is 6.94. The molecule has 1 aliphatic rings. The van der Waals surface area contributed by atoms with E-state index in [0.29, 0.717) is 0 Å². The van der Waals surface area contributed by atoms with Gasteiger partial charge in [0.2, 0.25) is 5.91 Å². The predicted molar refractivity (Wildman–Crippen MR) is 121 cm³/mol. The fraction of sp³-hybridized carbons (Fsp3) is 0.391. The molecule has 1 saturated heterocycles. The fourth-order valence-electron chi connectivity index (χ4n) is 3.81. The van der Waals surface area contributed by atoms with Crippen LogP contribution in [0.3, 0.4) is 0 Å². The van der Waals surface area contributed by atoms with Gasteiger partial charge in [0.25, 0.3) is 0 Å². The minimum absolute atomic E-state index is 0.182. The summed E-state index contributed by atoms with van der Waals surface area (Å²) in [5.74, 6) is 0.182. The first-order valence-corrected chi connectivity index (χ1v) is 11.4. The second-order valence-electron chi connectivity index (χ2n) is 7.69. The molecule has 1 aromatic carbocycles. The molecule has 1 aliphatic heterocycles. The van der Waals surface area contributed by atoms with Crippen molar-refractivity contribution in [2.45, 2.75) is 20.0 Å². The van der Waals surface area contributed by atoms with Gasteiger partial charge < -0.3 is 10.2 Å². The number of nitrogens with one attached hydrogen (secondary N) is 1. The average Bonchev–Trinajstić information content (AvgIpc) is 3.42. The van der Waals surface area contributed by atoms with Crippen LogP contribution in [0.4, 0.5) is 0 Å². The quantitative estimate of drug-likeness (QED) is 0.566. The maximum absolute atomic E-state index is 11.5. The first-order valence-electron chi connectivity index (χ1n) is 10.5. The van der Waals surface area contributed by atoms with Crippen LogP contribution in [0, 0.1) is 0 Å². The van der Waals surface area contributed by atoms with Crippen LogP contribution in [0.2, 0.25) is 0 Å².